The highest BCUT2D eigenvalue weighted by Gasteiger charge is 2.46. The molecule has 0 rings (SSSR count). The molecule has 0 aromatic rings. The van der Waals surface area contributed by atoms with Gasteiger partial charge in [-0.2, -0.15) is 11.8 Å². The Bertz CT molecular complexity index is 413. The van der Waals surface area contributed by atoms with Crippen LogP contribution in [0.3, 0.4) is 0 Å². The Labute approximate surface area is 136 Å². The number of hydrogen-bond donors (Lipinski definition) is 0. The lowest BCUT2D eigenvalue weighted by molar-refractivity contribution is -0.166. The van der Waals surface area contributed by atoms with Crippen molar-refractivity contribution in [2.75, 3.05) is 12.4 Å². The van der Waals surface area contributed by atoms with Gasteiger partial charge in [-0.05, 0) is 27.7 Å². The molecule has 1 atom stereocenters. The van der Waals surface area contributed by atoms with Gasteiger partial charge in [0.15, 0.2) is 5.41 Å². The fourth-order valence-corrected chi connectivity index (χ4v) is 2.21. The van der Waals surface area contributed by atoms with Crippen LogP contribution in [0.15, 0.2) is 0 Å². The first-order valence-corrected chi connectivity index (χ1v) is 8.15. The Balaban J connectivity index is 5.09. The van der Waals surface area contributed by atoms with Crippen molar-refractivity contribution in [2.24, 2.45) is 5.41 Å². The fourth-order valence-electron chi connectivity index (χ4n) is 1.26. The summed E-state index contributed by atoms with van der Waals surface area (Å²) in [6, 6.07) is 0. The van der Waals surface area contributed by atoms with E-state index >= 15 is 0 Å². The normalized spacial score (nSPS) is 14.2. The second-order valence-corrected chi connectivity index (χ2v) is 8.06. The van der Waals surface area contributed by atoms with Gasteiger partial charge >= 0.3 is 18.1 Å². The summed E-state index contributed by atoms with van der Waals surface area (Å²) in [6.07, 6.45) is -1.53. The van der Waals surface area contributed by atoms with E-state index in [4.69, 9.17) is 9.47 Å². The van der Waals surface area contributed by atoms with Crippen molar-refractivity contribution in [2.45, 2.75) is 59.3 Å². The Hall–Kier alpha value is -1.24. The van der Waals surface area contributed by atoms with Crippen molar-refractivity contribution < 1.29 is 28.6 Å². The zero-order valence-electron chi connectivity index (χ0n) is 14.3. The lowest BCUT2D eigenvalue weighted by atomic mass is 9.93. The highest BCUT2D eigenvalue weighted by atomic mass is 32.2. The minimum Gasteiger partial charge on any atom is -0.465 e. The molecule has 0 heterocycles. The number of rotatable bonds is 6. The predicted octanol–water partition coefficient (Wildman–Crippen LogP) is 3.18. The number of ether oxygens (including phenoxy) is 3. The van der Waals surface area contributed by atoms with E-state index in [1.807, 2.05) is 20.8 Å². The van der Waals surface area contributed by atoms with Gasteiger partial charge in [0.05, 0.1) is 12.7 Å². The van der Waals surface area contributed by atoms with Gasteiger partial charge in [-0.3, -0.25) is 9.59 Å². The van der Waals surface area contributed by atoms with Crippen LogP contribution in [0.25, 0.3) is 0 Å². The van der Waals surface area contributed by atoms with Crippen LogP contribution in [0.1, 0.15) is 48.5 Å². The number of hydrogen-bond acceptors (Lipinski definition) is 7. The minimum absolute atomic E-state index is 0.137. The molecule has 0 unspecified atom stereocenters. The van der Waals surface area contributed by atoms with Crippen molar-refractivity contribution in [1.29, 1.82) is 0 Å². The average molecular weight is 334 g/mol. The van der Waals surface area contributed by atoms with E-state index in [9.17, 15) is 14.4 Å². The average Bonchev–Trinajstić information content (AvgIpc) is 2.33. The van der Waals surface area contributed by atoms with Crippen LogP contribution < -0.4 is 0 Å². The predicted molar refractivity (Wildman–Crippen MR) is 84.7 cm³/mol. The molecule has 0 aromatic heterocycles. The molecule has 0 spiro atoms. The lowest BCUT2D eigenvalue weighted by Crippen LogP contribution is -2.43. The van der Waals surface area contributed by atoms with Crippen LogP contribution in [0, 0.1) is 5.41 Å². The second kappa shape index (κ2) is 8.41. The zero-order valence-corrected chi connectivity index (χ0v) is 15.2. The first kappa shape index (κ1) is 20.8. The number of carbonyl (C=O) groups is 3. The van der Waals surface area contributed by atoms with Crippen LogP contribution >= 0.6 is 11.8 Å². The molecule has 0 bridgehead atoms. The first-order valence-electron chi connectivity index (χ1n) is 7.16. The molecule has 0 amide bonds. The van der Waals surface area contributed by atoms with E-state index in [-0.39, 0.29) is 17.1 Å². The molecule has 0 radical (unpaired) electrons. The van der Waals surface area contributed by atoms with Gasteiger partial charge in [-0.15, -0.1) is 0 Å². The number of esters is 2. The van der Waals surface area contributed by atoms with Crippen molar-refractivity contribution in [3.8, 4) is 0 Å². The summed E-state index contributed by atoms with van der Waals surface area (Å²) in [4.78, 5) is 35.9. The maximum Gasteiger partial charge on any atom is 0.516 e. The summed E-state index contributed by atoms with van der Waals surface area (Å²) < 4.78 is 14.2. The molecule has 0 N–H and O–H groups in total. The molecular weight excluding hydrogens is 308 g/mol. The number of thioether (sulfide) groups is 1. The summed E-state index contributed by atoms with van der Waals surface area (Å²) in [5.41, 5.74) is -1.57. The van der Waals surface area contributed by atoms with Gasteiger partial charge in [0.2, 0.25) is 0 Å². The highest BCUT2D eigenvalue weighted by Crippen LogP contribution is 2.33. The van der Waals surface area contributed by atoms with Crippen LogP contribution in [-0.4, -0.2) is 41.3 Å². The molecule has 0 fully saturated rings. The lowest BCUT2D eigenvalue weighted by Gasteiger charge is -2.27. The summed E-state index contributed by atoms with van der Waals surface area (Å²) in [5.74, 6) is -1.54. The van der Waals surface area contributed by atoms with E-state index in [2.05, 4.69) is 4.74 Å². The van der Waals surface area contributed by atoms with E-state index in [0.717, 1.165) is 0 Å². The van der Waals surface area contributed by atoms with Crippen LogP contribution in [0.4, 0.5) is 4.79 Å². The monoisotopic (exact) mass is 334 g/mol. The van der Waals surface area contributed by atoms with Crippen LogP contribution in [-0.2, 0) is 23.8 Å². The quantitative estimate of drug-likeness (QED) is 0.545. The molecular formula is C15H26O6S. The SMILES string of the molecule is CCOC(=O)[C@@](C)(CSC(C)(C)C)C(=O)OC(=O)OC(C)C. The molecule has 0 aliphatic heterocycles. The second-order valence-electron chi connectivity index (χ2n) is 6.26. The maximum absolute atomic E-state index is 12.3. The van der Waals surface area contributed by atoms with E-state index in [1.165, 1.54) is 18.7 Å². The molecule has 7 heteroatoms. The minimum atomic E-state index is -1.57. The molecule has 22 heavy (non-hydrogen) atoms. The van der Waals surface area contributed by atoms with Crippen LogP contribution in [0.2, 0.25) is 0 Å². The zero-order chi connectivity index (χ0) is 17.6. The summed E-state index contributed by atoms with van der Waals surface area (Å²) in [5, 5.41) is 0. The molecule has 6 nitrogen and oxygen atoms in total. The Morgan fingerprint density at radius 3 is 2.00 bits per heavy atom. The Morgan fingerprint density at radius 1 is 1.05 bits per heavy atom. The van der Waals surface area contributed by atoms with Gasteiger partial charge in [0.1, 0.15) is 0 Å². The molecule has 128 valence electrons. The Kier molecular flexibility index (Phi) is 7.93. The summed E-state index contributed by atoms with van der Waals surface area (Å²) in [7, 11) is 0. The number of carbonyl (C=O) groups excluding carboxylic acids is 3. The van der Waals surface area contributed by atoms with E-state index in [0.29, 0.717) is 0 Å². The molecule has 0 saturated heterocycles. The first-order chi connectivity index (χ1) is 9.92. The third-order valence-corrected chi connectivity index (χ3v) is 4.07. The van der Waals surface area contributed by atoms with Gasteiger partial charge in [0.25, 0.3) is 0 Å². The highest BCUT2D eigenvalue weighted by molar-refractivity contribution is 8.00. The smallest absolute Gasteiger partial charge is 0.465 e. The van der Waals surface area contributed by atoms with Gasteiger partial charge in [-0.25, -0.2) is 4.79 Å². The largest absolute Gasteiger partial charge is 0.516 e. The fraction of sp³-hybridized carbons (Fsp3) is 0.800. The van der Waals surface area contributed by atoms with Gasteiger partial charge in [-0.1, -0.05) is 20.8 Å². The van der Waals surface area contributed by atoms with E-state index < -0.39 is 29.6 Å². The summed E-state index contributed by atoms with van der Waals surface area (Å²) >= 11 is 1.41. The van der Waals surface area contributed by atoms with Crippen molar-refractivity contribution in [3.63, 3.8) is 0 Å². The maximum atomic E-state index is 12.3. The molecule has 0 aliphatic carbocycles. The summed E-state index contributed by atoms with van der Waals surface area (Å²) in [6.45, 7) is 12.3. The molecule has 0 aliphatic rings. The van der Waals surface area contributed by atoms with E-state index in [1.54, 1.807) is 20.8 Å². The standard InChI is InChI=1S/C15H26O6S/c1-8-19-11(16)15(7,9-22-14(4,5)6)12(17)21-13(18)20-10(2)3/h10H,8-9H2,1-7H3/t15-/m1/s1. The van der Waals surface area contributed by atoms with Gasteiger partial charge < -0.3 is 14.2 Å². The third kappa shape index (κ3) is 7.15. The topological polar surface area (TPSA) is 78.9 Å². The molecule has 0 saturated carbocycles. The van der Waals surface area contributed by atoms with Crippen molar-refractivity contribution in [3.05, 3.63) is 0 Å². The van der Waals surface area contributed by atoms with Crippen molar-refractivity contribution >= 4 is 29.9 Å². The molecule has 0 aromatic carbocycles. The Morgan fingerprint density at radius 2 is 1.59 bits per heavy atom. The van der Waals surface area contributed by atoms with Gasteiger partial charge in [0, 0.05) is 10.5 Å². The van der Waals surface area contributed by atoms with Crippen LogP contribution in [0.5, 0.6) is 0 Å². The van der Waals surface area contributed by atoms with Crippen molar-refractivity contribution in [1.82, 2.24) is 0 Å². The third-order valence-electron chi connectivity index (χ3n) is 2.48.